The number of nitrogens with one attached hydrogen (secondary N) is 3. The van der Waals surface area contributed by atoms with E-state index in [9.17, 15) is 18.0 Å². The molecule has 3 N–H and O–H groups in total. The van der Waals surface area contributed by atoms with E-state index in [0.29, 0.717) is 17.0 Å². The van der Waals surface area contributed by atoms with Crippen LogP contribution in [-0.4, -0.2) is 36.3 Å². The van der Waals surface area contributed by atoms with Crippen molar-refractivity contribution in [3.05, 3.63) is 56.7 Å². The van der Waals surface area contributed by atoms with Gasteiger partial charge in [0, 0.05) is 18.0 Å². The number of sulfone groups is 1. The molecule has 1 heterocycles. The molecule has 25 heavy (non-hydrogen) atoms. The van der Waals surface area contributed by atoms with Gasteiger partial charge in [0.2, 0.25) is 5.91 Å². The Morgan fingerprint density at radius 2 is 1.88 bits per heavy atom. The second-order valence-electron chi connectivity index (χ2n) is 5.32. The van der Waals surface area contributed by atoms with Crippen molar-refractivity contribution in [1.82, 2.24) is 15.4 Å². The van der Waals surface area contributed by atoms with Crippen LogP contribution in [0.1, 0.15) is 18.2 Å². The van der Waals surface area contributed by atoms with Crippen LogP contribution in [-0.2, 0) is 21.1 Å². The Hall–Kier alpha value is -2.59. The normalized spacial score (nSPS) is 12.0. The molecule has 2 aromatic rings. The fraction of sp³-hybridized carbons (Fsp3) is 0.200. The van der Waals surface area contributed by atoms with Crippen LogP contribution in [0.2, 0.25) is 0 Å². The lowest BCUT2D eigenvalue weighted by Gasteiger charge is -2.04. The third-order valence-corrected chi connectivity index (χ3v) is 4.55. The summed E-state index contributed by atoms with van der Waals surface area (Å²) in [5.74, 6) is -0.427. The molecule has 0 atom stereocenters. The minimum Gasteiger partial charge on any atom is -0.335 e. The SMILES string of the molecule is C/C(=N/NC(=O)Cc1cc(=O)[nH]c(=S)[nH]1)c1ccc(S(C)(=O)=O)cc1. The molecule has 1 aromatic heterocycles. The van der Waals surface area contributed by atoms with Crippen LogP contribution in [0, 0.1) is 4.77 Å². The van der Waals surface area contributed by atoms with Crippen molar-refractivity contribution in [2.75, 3.05) is 6.26 Å². The highest BCUT2D eigenvalue weighted by atomic mass is 32.2. The zero-order chi connectivity index (χ0) is 18.6. The van der Waals surface area contributed by atoms with E-state index in [-0.39, 0.29) is 16.1 Å². The number of hydrogen-bond donors (Lipinski definition) is 3. The van der Waals surface area contributed by atoms with E-state index >= 15 is 0 Å². The topological polar surface area (TPSA) is 124 Å². The lowest BCUT2D eigenvalue weighted by Crippen LogP contribution is -2.23. The summed E-state index contributed by atoms with van der Waals surface area (Å²) in [4.78, 5) is 28.5. The van der Waals surface area contributed by atoms with Crippen molar-refractivity contribution < 1.29 is 13.2 Å². The number of rotatable bonds is 5. The summed E-state index contributed by atoms with van der Waals surface area (Å²) in [6.45, 7) is 1.68. The van der Waals surface area contributed by atoms with Gasteiger partial charge in [-0.1, -0.05) is 12.1 Å². The van der Waals surface area contributed by atoms with Crippen molar-refractivity contribution in [1.29, 1.82) is 0 Å². The second kappa shape index (κ2) is 7.53. The zero-order valence-electron chi connectivity index (χ0n) is 13.5. The van der Waals surface area contributed by atoms with E-state index in [1.165, 1.54) is 18.2 Å². The Morgan fingerprint density at radius 1 is 1.24 bits per heavy atom. The van der Waals surface area contributed by atoms with Gasteiger partial charge in [0.25, 0.3) is 5.56 Å². The molecule has 10 heteroatoms. The van der Waals surface area contributed by atoms with Gasteiger partial charge in [0.1, 0.15) is 0 Å². The average Bonchev–Trinajstić information content (AvgIpc) is 2.51. The van der Waals surface area contributed by atoms with E-state index in [1.54, 1.807) is 19.1 Å². The lowest BCUT2D eigenvalue weighted by molar-refractivity contribution is -0.120. The van der Waals surface area contributed by atoms with Gasteiger partial charge >= 0.3 is 0 Å². The van der Waals surface area contributed by atoms with Gasteiger partial charge in [-0.2, -0.15) is 5.10 Å². The zero-order valence-corrected chi connectivity index (χ0v) is 15.1. The molecule has 0 saturated carbocycles. The molecule has 0 spiro atoms. The minimum atomic E-state index is -3.26. The molecule has 0 saturated heterocycles. The van der Waals surface area contributed by atoms with Crippen LogP contribution in [0.15, 0.2) is 45.1 Å². The van der Waals surface area contributed by atoms with Crippen LogP contribution in [0.25, 0.3) is 0 Å². The summed E-state index contributed by atoms with van der Waals surface area (Å²) in [6, 6.07) is 7.41. The first-order valence-electron chi connectivity index (χ1n) is 7.11. The van der Waals surface area contributed by atoms with E-state index in [0.717, 1.165) is 6.26 Å². The Morgan fingerprint density at radius 3 is 2.44 bits per heavy atom. The molecule has 0 fully saturated rings. The molecular weight excluding hydrogens is 364 g/mol. The molecule has 0 unspecified atom stereocenters. The molecule has 0 bridgehead atoms. The highest BCUT2D eigenvalue weighted by molar-refractivity contribution is 7.90. The highest BCUT2D eigenvalue weighted by Gasteiger charge is 2.08. The molecular formula is C15H16N4O4S2. The number of benzene rings is 1. The molecule has 0 aliphatic heterocycles. The standard InChI is InChI=1S/C15H16N4O4S2/c1-9(10-3-5-12(6-4-10)25(2,22)23)18-19-14(21)8-11-7-13(20)17-15(24)16-11/h3-7H,8H2,1-2H3,(H,19,21)(H2,16,17,20,24)/b18-9-. The van der Waals surface area contributed by atoms with Crippen LogP contribution in [0.4, 0.5) is 0 Å². The fourth-order valence-electron chi connectivity index (χ4n) is 1.98. The average molecular weight is 380 g/mol. The van der Waals surface area contributed by atoms with Gasteiger partial charge in [0.15, 0.2) is 14.6 Å². The fourth-order valence-corrected chi connectivity index (χ4v) is 2.84. The van der Waals surface area contributed by atoms with Gasteiger partial charge in [-0.3, -0.25) is 14.6 Å². The maximum absolute atomic E-state index is 11.9. The molecule has 132 valence electrons. The van der Waals surface area contributed by atoms with Gasteiger partial charge in [-0.25, -0.2) is 13.8 Å². The van der Waals surface area contributed by atoms with E-state index < -0.39 is 21.3 Å². The predicted molar refractivity (Wildman–Crippen MR) is 95.9 cm³/mol. The molecule has 8 nitrogen and oxygen atoms in total. The van der Waals surface area contributed by atoms with Crippen molar-refractivity contribution in [3.63, 3.8) is 0 Å². The van der Waals surface area contributed by atoms with Gasteiger partial charge in [-0.15, -0.1) is 0 Å². The third-order valence-electron chi connectivity index (χ3n) is 3.22. The largest absolute Gasteiger partial charge is 0.335 e. The number of aromatic nitrogens is 2. The number of carbonyl (C=O) groups is 1. The summed E-state index contributed by atoms with van der Waals surface area (Å²) in [5.41, 5.74) is 3.53. The lowest BCUT2D eigenvalue weighted by atomic mass is 10.1. The van der Waals surface area contributed by atoms with Gasteiger partial charge in [0.05, 0.1) is 17.0 Å². The quantitative estimate of drug-likeness (QED) is 0.404. The monoisotopic (exact) mass is 380 g/mol. The molecule has 0 aliphatic rings. The Bertz CT molecular complexity index is 1010. The summed E-state index contributed by atoms with van der Waals surface area (Å²) >= 11 is 4.83. The molecule has 1 aromatic carbocycles. The summed E-state index contributed by atoms with van der Waals surface area (Å²) in [5, 5.41) is 3.97. The second-order valence-corrected chi connectivity index (χ2v) is 7.74. The van der Waals surface area contributed by atoms with Crippen molar-refractivity contribution in [3.8, 4) is 0 Å². The smallest absolute Gasteiger partial charge is 0.251 e. The summed E-state index contributed by atoms with van der Waals surface area (Å²) in [7, 11) is -3.26. The number of carbonyl (C=O) groups excluding carboxylic acids is 1. The molecule has 2 rings (SSSR count). The van der Waals surface area contributed by atoms with Gasteiger partial charge < -0.3 is 4.98 Å². The van der Waals surface area contributed by atoms with Gasteiger partial charge in [-0.05, 0) is 36.8 Å². The Balaban J connectivity index is 2.06. The van der Waals surface area contributed by atoms with Crippen LogP contribution in [0.3, 0.4) is 0 Å². The van der Waals surface area contributed by atoms with Crippen molar-refractivity contribution in [2.45, 2.75) is 18.2 Å². The van der Waals surface area contributed by atoms with Crippen LogP contribution < -0.4 is 11.0 Å². The highest BCUT2D eigenvalue weighted by Crippen LogP contribution is 2.10. The first kappa shape index (κ1) is 18.7. The van der Waals surface area contributed by atoms with Crippen LogP contribution in [0.5, 0.6) is 0 Å². The number of amides is 1. The number of aromatic amines is 2. The first-order valence-corrected chi connectivity index (χ1v) is 9.41. The van der Waals surface area contributed by atoms with E-state index in [1.807, 2.05) is 0 Å². The number of nitrogens with zero attached hydrogens (tertiary/aromatic N) is 1. The molecule has 0 radical (unpaired) electrons. The van der Waals surface area contributed by atoms with Crippen molar-refractivity contribution >= 4 is 33.7 Å². The Kier molecular flexibility index (Phi) is 5.65. The number of hydrogen-bond acceptors (Lipinski definition) is 6. The first-order chi connectivity index (χ1) is 11.6. The minimum absolute atomic E-state index is 0.0860. The third kappa shape index (κ3) is 5.47. The Labute approximate surface area is 148 Å². The van der Waals surface area contributed by atoms with Crippen LogP contribution >= 0.6 is 12.2 Å². The van der Waals surface area contributed by atoms with Crippen molar-refractivity contribution in [2.24, 2.45) is 5.10 Å². The predicted octanol–water partition coefficient (Wildman–Crippen LogP) is 0.919. The molecule has 1 amide bonds. The summed E-state index contributed by atoms with van der Waals surface area (Å²) in [6.07, 6.45) is 1.04. The summed E-state index contributed by atoms with van der Waals surface area (Å²) < 4.78 is 23.0. The maximum Gasteiger partial charge on any atom is 0.251 e. The van der Waals surface area contributed by atoms with E-state index in [4.69, 9.17) is 12.2 Å². The number of H-pyrrole nitrogens is 2. The molecule has 0 aliphatic carbocycles. The van der Waals surface area contributed by atoms with E-state index in [2.05, 4.69) is 20.5 Å². The number of hydrazone groups is 1. The maximum atomic E-state index is 11.9.